The minimum atomic E-state index is 0.0634. The van der Waals surface area contributed by atoms with Gasteiger partial charge in [-0.3, -0.25) is 0 Å². The van der Waals surface area contributed by atoms with E-state index in [1.807, 2.05) is 39.9 Å². The van der Waals surface area contributed by atoms with Crippen LogP contribution in [-0.4, -0.2) is 32.6 Å². The molecule has 0 fully saturated rings. The summed E-state index contributed by atoms with van der Waals surface area (Å²) in [7, 11) is 0. The number of nitrogens with zero attached hydrogens (tertiary/aromatic N) is 4. The molecule has 1 N–H and O–H groups in total. The van der Waals surface area contributed by atoms with Crippen LogP contribution in [-0.2, 0) is 6.54 Å². The van der Waals surface area contributed by atoms with Crippen LogP contribution in [0.5, 0.6) is 0 Å². The number of aromatic nitrogens is 3. The number of imidazole rings is 1. The molecule has 108 valence electrons. The van der Waals surface area contributed by atoms with Gasteiger partial charge >= 0.3 is 0 Å². The molecular formula is C15H15BrN4O. The van der Waals surface area contributed by atoms with E-state index in [4.69, 9.17) is 0 Å². The van der Waals surface area contributed by atoms with Gasteiger partial charge in [-0.1, -0.05) is 30.3 Å². The first kappa shape index (κ1) is 14.0. The molecule has 0 saturated heterocycles. The maximum atomic E-state index is 9.36. The van der Waals surface area contributed by atoms with E-state index in [0.717, 1.165) is 21.6 Å². The predicted molar refractivity (Wildman–Crippen MR) is 85.3 cm³/mol. The molecule has 5 nitrogen and oxygen atoms in total. The van der Waals surface area contributed by atoms with Gasteiger partial charge in [0.05, 0.1) is 6.61 Å². The highest BCUT2D eigenvalue weighted by Gasteiger charge is 2.14. The van der Waals surface area contributed by atoms with Gasteiger partial charge in [0.15, 0.2) is 11.5 Å². The first-order valence-corrected chi connectivity index (χ1v) is 7.46. The number of hydrogen-bond donors (Lipinski definition) is 1. The second-order valence-electron chi connectivity index (χ2n) is 4.68. The Labute approximate surface area is 131 Å². The number of aliphatic hydroxyl groups is 1. The largest absolute Gasteiger partial charge is 0.395 e. The van der Waals surface area contributed by atoms with Crippen LogP contribution in [0.4, 0.5) is 5.82 Å². The third-order valence-electron chi connectivity index (χ3n) is 3.21. The number of hydrogen-bond acceptors (Lipinski definition) is 4. The third-order valence-corrected chi connectivity index (χ3v) is 3.59. The van der Waals surface area contributed by atoms with Crippen molar-refractivity contribution in [3.63, 3.8) is 0 Å². The lowest BCUT2D eigenvalue weighted by Gasteiger charge is -2.23. The second kappa shape index (κ2) is 6.24. The van der Waals surface area contributed by atoms with E-state index < -0.39 is 0 Å². The fourth-order valence-corrected chi connectivity index (χ4v) is 2.67. The minimum absolute atomic E-state index is 0.0634. The van der Waals surface area contributed by atoms with E-state index in [9.17, 15) is 5.11 Å². The van der Waals surface area contributed by atoms with E-state index in [1.165, 1.54) is 0 Å². The zero-order valence-corrected chi connectivity index (χ0v) is 12.9. The fourth-order valence-electron chi connectivity index (χ4n) is 2.28. The average Bonchev–Trinajstić information content (AvgIpc) is 2.95. The Bertz CT molecular complexity index is 729. The molecule has 0 bridgehead atoms. The Hall–Kier alpha value is -1.92. The zero-order valence-electron chi connectivity index (χ0n) is 11.4. The molecular weight excluding hydrogens is 332 g/mol. The smallest absolute Gasteiger partial charge is 0.180 e. The van der Waals surface area contributed by atoms with Crippen LogP contribution in [0.25, 0.3) is 5.65 Å². The second-order valence-corrected chi connectivity index (χ2v) is 5.49. The molecule has 6 heteroatoms. The summed E-state index contributed by atoms with van der Waals surface area (Å²) in [4.78, 5) is 10.9. The van der Waals surface area contributed by atoms with Crippen LogP contribution < -0.4 is 4.90 Å². The molecule has 0 aliphatic rings. The molecule has 0 unspecified atom stereocenters. The van der Waals surface area contributed by atoms with Crippen molar-refractivity contribution in [2.24, 2.45) is 0 Å². The van der Waals surface area contributed by atoms with Crippen LogP contribution in [0.3, 0.4) is 0 Å². The summed E-state index contributed by atoms with van der Waals surface area (Å²) >= 11 is 3.42. The van der Waals surface area contributed by atoms with Crippen molar-refractivity contribution in [2.45, 2.75) is 6.54 Å². The van der Waals surface area contributed by atoms with Gasteiger partial charge in [-0.05, 0) is 21.5 Å². The highest BCUT2D eigenvalue weighted by Crippen LogP contribution is 2.22. The predicted octanol–water partition coefficient (Wildman–Crippen LogP) is 2.49. The first-order chi connectivity index (χ1) is 10.3. The number of rotatable bonds is 5. The van der Waals surface area contributed by atoms with Gasteiger partial charge in [0, 0.05) is 31.7 Å². The van der Waals surface area contributed by atoms with E-state index >= 15 is 0 Å². The van der Waals surface area contributed by atoms with Gasteiger partial charge in [-0.25, -0.2) is 9.97 Å². The maximum Gasteiger partial charge on any atom is 0.180 e. The Kier molecular flexibility index (Phi) is 4.17. The SMILES string of the molecule is OCCN(Cc1ccccc1)c1nc(Br)cn2ccnc12. The zero-order chi connectivity index (χ0) is 14.7. The topological polar surface area (TPSA) is 53.7 Å². The van der Waals surface area contributed by atoms with Crippen molar-refractivity contribution in [1.82, 2.24) is 14.4 Å². The molecule has 0 amide bonds. The van der Waals surface area contributed by atoms with Gasteiger partial charge in [-0.2, -0.15) is 0 Å². The number of benzene rings is 1. The average molecular weight is 347 g/mol. The lowest BCUT2D eigenvalue weighted by molar-refractivity contribution is 0.301. The Morgan fingerprint density at radius 2 is 2.05 bits per heavy atom. The lowest BCUT2D eigenvalue weighted by Crippen LogP contribution is -2.27. The van der Waals surface area contributed by atoms with Crippen molar-refractivity contribution in [1.29, 1.82) is 0 Å². The summed E-state index contributed by atoms with van der Waals surface area (Å²) in [5, 5.41) is 9.36. The van der Waals surface area contributed by atoms with Crippen LogP contribution in [0, 0.1) is 0 Å². The van der Waals surface area contributed by atoms with Crippen LogP contribution >= 0.6 is 15.9 Å². The van der Waals surface area contributed by atoms with Crippen LogP contribution in [0.2, 0.25) is 0 Å². The van der Waals surface area contributed by atoms with Crippen molar-refractivity contribution >= 4 is 27.4 Å². The van der Waals surface area contributed by atoms with Crippen molar-refractivity contribution in [3.8, 4) is 0 Å². The highest BCUT2D eigenvalue weighted by atomic mass is 79.9. The summed E-state index contributed by atoms with van der Waals surface area (Å²) in [5.41, 5.74) is 1.94. The summed E-state index contributed by atoms with van der Waals surface area (Å²) in [6.45, 7) is 1.24. The lowest BCUT2D eigenvalue weighted by atomic mass is 10.2. The fraction of sp³-hybridized carbons (Fsp3) is 0.200. The Balaban J connectivity index is 2.00. The molecule has 2 heterocycles. The van der Waals surface area contributed by atoms with Gasteiger partial charge < -0.3 is 14.4 Å². The molecule has 0 atom stereocenters. The number of halogens is 1. The molecule has 0 saturated carbocycles. The molecule has 3 aromatic rings. The first-order valence-electron chi connectivity index (χ1n) is 6.67. The number of fused-ring (bicyclic) bond motifs is 1. The van der Waals surface area contributed by atoms with E-state index in [2.05, 4.69) is 38.0 Å². The van der Waals surface area contributed by atoms with E-state index in [0.29, 0.717) is 13.1 Å². The van der Waals surface area contributed by atoms with Gasteiger partial charge in [0.25, 0.3) is 0 Å². The molecule has 0 spiro atoms. The molecule has 0 radical (unpaired) electrons. The van der Waals surface area contributed by atoms with Crippen LogP contribution in [0.1, 0.15) is 5.56 Å². The summed E-state index contributed by atoms with van der Waals surface area (Å²) in [6.07, 6.45) is 5.49. The summed E-state index contributed by atoms with van der Waals surface area (Å²) in [6, 6.07) is 10.1. The van der Waals surface area contributed by atoms with Gasteiger partial charge in [0.2, 0.25) is 0 Å². The molecule has 1 aromatic carbocycles. The normalized spacial score (nSPS) is 11.0. The molecule has 3 rings (SSSR count). The van der Waals surface area contributed by atoms with Crippen molar-refractivity contribution in [2.75, 3.05) is 18.1 Å². The third kappa shape index (κ3) is 3.06. The number of anilines is 1. The maximum absolute atomic E-state index is 9.36. The highest BCUT2D eigenvalue weighted by molar-refractivity contribution is 9.10. The van der Waals surface area contributed by atoms with Crippen molar-refractivity contribution in [3.05, 3.63) is 59.1 Å². The standard InChI is InChI=1S/C15H15BrN4O/c16-13-11-19-7-6-17-14(19)15(18-13)20(8-9-21)10-12-4-2-1-3-5-12/h1-7,11,21H,8-10H2. The Morgan fingerprint density at radius 3 is 2.81 bits per heavy atom. The van der Waals surface area contributed by atoms with E-state index in [-0.39, 0.29) is 6.61 Å². The molecule has 21 heavy (non-hydrogen) atoms. The molecule has 2 aromatic heterocycles. The summed E-state index contributed by atoms with van der Waals surface area (Å²) in [5.74, 6) is 0.757. The minimum Gasteiger partial charge on any atom is -0.395 e. The van der Waals surface area contributed by atoms with E-state index in [1.54, 1.807) is 6.20 Å². The van der Waals surface area contributed by atoms with Gasteiger partial charge in [0.1, 0.15) is 4.60 Å². The van der Waals surface area contributed by atoms with Crippen LogP contribution in [0.15, 0.2) is 53.5 Å². The monoisotopic (exact) mass is 346 g/mol. The van der Waals surface area contributed by atoms with Gasteiger partial charge in [-0.15, -0.1) is 0 Å². The number of aliphatic hydroxyl groups excluding tert-OH is 1. The molecule has 0 aliphatic heterocycles. The quantitative estimate of drug-likeness (QED) is 0.771. The molecule has 0 aliphatic carbocycles. The van der Waals surface area contributed by atoms with Crippen molar-refractivity contribution < 1.29 is 5.11 Å². The Morgan fingerprint density at radius 1 is 1.24 bits per heavy atom. The summed E-state index contributed by atoms with van der Waals surface area (Å²) < 4.78 is 2.65.